The maximum absolute atomic E-state index is 13.6. The number of aryl methyl sites for hydroxylation is 1. The molecule has 0 aliphatic carbocycles. The number of nitrogens with zero attached hydrogens (tertiary/aromatic N) is 2. The first-order valence-electron chi connectivity index (χ1n) is 11.8. The Bertz CT molecular complexity index is 1040. The van der Waals surface area contributed by atoms with Crippen LogP contribution in [0.15, 0.2) is 54.6 Å². The SMILES string of the molecule is CCCCNC(=O)C(CC)N(CCc1ccccc1)C(=O)CN(c1cccc(C)c1)S(C)(=O)=O. The van der Waals surface area contributed by atoms with Gasteiger partial charge in [0.1, 0.15) is 12.6 Å². The summed E-state index contributed by atoms with van der Waals surface area (Å²) < 4.78 is 26.3. The zero-order chi connectivity index (χ0) is 25.1. The van der Waals surface area contributed by atoms with E-state index in [-0.39, 0.29) is 12.5 Å². The molecule has 2 aromatic carbocycles. The number of rotatable bonds is 13. The maximum Gasteiger partial charge on any atom is 0.244 e. The molecule has 2 amide bonds. The van der Waals surface area contributed by atoms with E-state index in [2.05, 4.69) is 5.32 Å². The van der Waals surface area contributed by atoms with Gasteiger partial charge in [-0.2, -0.15) is 0 Å². The zero-order valence-corrected chi connectivity index (χ0v) is 21.5. The largest absolute Gasteiger partial charge is 0.354 e. The molecule has 0 bridgehead atoms. The Kier molecular flexibility index (Phi) is 10.6. The Balaban J connectivity index is 2.32. The fourth-order valence-electron chi connectivity index (χ4n) is 3.80. The van der Waals surface area contributed by atoms with Crippen LogP contribution in [0.3, 0.4) is 0 Å². The van der Waals surface area contributed by atoms with E-state index >= 15 is 0 Å². The van der Waals surface area contributed by atoms with Crippen molar-refractivity contribution >= 4 is 27.5 Å². The monoisotopic (exact) mass is 487 g/mol. The van der Waals surface area contributed by atoms with Crippen molar-refractivity contribution < 1.29 is 18.0 Å². The van der Waals surface area contributed by atoms with Gasteiger partial charge in [-0.1, -0.05) is 62.7 Å². The fraction of sp³-hybridized carbons (Fsp3) is 0.462. The third-order valence-corrected chi connectivity index (χ3v) is 6.81. The van der Waals surface area contributed by atoms with Crippen LogP contribution in [0.2, 0.25) is 0 Å². The molecule has 1 N–H and O–H groups in total. The predicted molar refractivity (Wildman–Crippen MR) is 137 cm³/mol. The van der Waals surface area contributed by atoms with Crippen molar-refractivity contribution in [3.05, 3.63) is 65.7 Å². The number of benzene rings is 2. The van der Waals surface area contributed by atoms with E-state index in [1.165, 1.54) is 4.90 Å². The number of sulfonamides is 1. The molecule has 34 heavy (non-hydrogen) atoms. The maximum atomic E-state index is 13.6. The molecule has 0 saturated carbocycles. The second-order valence-corrected chi connectivity index (χ2v) is 10.4. The van der Waals surface area contributed by atoms with E-state index < -0.39 is 22.0 Å². The van der Waals surface area contributed by atoms with Crippen molar-refractivity contribution in [1.29, 1.82) is 0 Å². The van der Waals surface area contributed by atoms with Crippen molar-refractivity contribution in [3.8, 4) is 0 Å². The summed E-state index contributed by atoms with van der Waals surface area (Å²) in [4.78, 5) is 28.1. The summed E-state index contributed by atoms with van der Waals surface area (Å²) in [6.45, 7) is 6.27. The summed E-state index contributed by atoms with van der Waals surface area (Å²) in [5, 5.41) is 2.93. The molecule has 0 aliphatic rings. The number of hydrogen-bond donors (Lipinski definition) is 1. The lowest BCUT2D eigenvalue weighted by Crippen LogP contribution is -2.53. The number of amides is 2. The van der Waals surface area contributed by atoms with Gasteiger partial charge in [-0.15, -0.1) is 0 Å². The number of carbonyl (C=O) groups excluding carboxylic acids is 2. The molecule has 1 unspecified atom stereocenters. The van der Waals surface area contributed by atoms with Crippen molar-refractivity contribution in [2.75, 3.05) is 30.2 Å². The lowest BCUT2D eigenvalue weighted by molar-refractivity contribution is -0.139. The minimum Gasteiger partial charge on any atom is -0.354 e. The fourth-order valence-corrected chi connectivity index (χ4v) is 4.64. The average molecular weight is 488 g/mol. The number of anilines is 1. The Hall–Kier alpha value is -2.87. The molecular formula is C26H37N3O4S. The van der Waals surface area contributed by atoms with Crippen LogP contribution in [0, 0.1) is 6.92 Å². The first-order chi connectivity index (χ1) is 16.2. The minimum atomic E-state index is -3.72. The van der Waals surface area contributed by atoms with Gasteiger partial charge in [-0.25, -0.2) is 8.42 Å². The molecule has 0 aromatic heterocycles. The quantitative estimate of drug-likeness (QED) is 0.438. The topological polar surface area (TPSA) is 86.8 Å². The Morgan fingerprint density at radius 2 is 1.74 bits per heavy atom. The standard InChI is InChI=1S/C26H37N3O4S/c1-5-7-17-27-26(31)24(6-2)28(18-16-22-13-9-8-10-14-22)25(30)20-29(34(4,32)33)23-15-11-12-21(3)19-23/h8-15,19,24H,5-7,16-18,20H2,1-4H3,(H,27,31). The van der Waals surface area contributed by atoms with Crippen molar-refractivity contribution in [3.63, 3.8) is 0 Å². The summed E-state index contributed by atoms with van der Waals surface area (Å²) >= 11 is 0. The zero-order valence-electron chi connectivity index (χ0n) is 20.7. The Morgan fingerprint density at radius 1 is 1.03 bits per heavy atom. The van der Waals surface area contributed by atoms with E-state index in [9.17, 15) is 18.0 Å². The normalized spacial score (nSPS) is 12.1. The van der Waals surface area contributed by atoms with Crippen LogP contribution in [-0.2, 0) is 26.0 Å². The average Bonchev–Trinajstić information content (AvgIpc) is 2.80. The Morgan fingerprint density at radius 3 is 2.32 bits per heavy atom. The highest BCUT2D eigenvalue weighted by Gasteiger charge is 2.31. The third-order valence-electron chi connectivity index (χ3n) is 5.67. The van der Waals surface area contributed by atoms with Gasteiger partial charge in [0, 0.05) is 13.1 Å². The first kappa shape index (κ1) is 27.4. The smallest absolute Gasteiger partial charge is 0.244 e. The summed E-state index contributed by atoms with van der Waals surface area (Å²) in [5.41, 5.74) is 2.36. The van der Waals surface area contributed by atoms with Gasteiger partial charge in [-0.3, -0.25) is 13.9 Å². The first-order valence-corrected chi connectivity index (χ1v) is 13.7. The summed E-state index contributed by atoms with van der Waals surface area (Å²) in [5.74, 6) is -0.612. The number of hydrogen-bond acceptors (Lipinski definition) is 4. The Labute approximate surface area is 204 Å². The van der Waals surface area contributed by atoms with Gasteiger partial charge >= 0.3 is 0 Å². The van der Waals surface area contributed by atoms with Crippen LogP contribution in [0.5, 0.6) is 0 Å². The molecule has 0 aliphatic heterocycles. The lowest BCUT2D eigenvalue weighted by atomic mass is 10.1. The number of carbonyl (C=O) groups is 2. The molecule has 0 heterocycles. The van der Waals surface area contributed by atoms with E-state index in [0.29, 0.717) is 31.6 Å². The van der Waals surface area contributed by atoms with E-state index in [0.717, 1.165) is 34.5 Å². The van der Waals surface area contributed by atoms with Crippen LogP contribution in [-0.4, -0.2) is 57.1 Å². The second kappa shape index (κ2) is 13.1. The van der Waals surface area contributed by atoms with E-state index in [4.69, 9.17) is 0 Å². The highest BCUT2D eigenvalue weighted by molar-refractivity contribution is 7.92. The molecule has 0 saturated heterocycles. The molecule has 0 spiro atoms. The van der Waals surface area contributed by atoms with Crippen LogP contribution < -0.4 is 9.62 Å². The number of unbranched alkanes of at least 4 members (excludes halogenated alkanes) is 1. The molecule has 1 atom stereocenters. The lowest BCUT2D eigenvalue weighted by Gasteiger charge is -2.33. The molecule has 186 valence electrons. The van der Waals surface area contributed by atoms with Crippen LogP contribution in [0.4, 0.5) is 5.69 Å². The van der Waals surface area contributed by atoms with Crippen molar-refractivity contribution in [1.82, 2.24) is 10.2 Å². The van der Waals surface area contributed by atoms with Crippen molar-refractivity contribution in [2.45, 2.75) is 52.5 Å². The number of nitrogens with one attached hydrogen (secondary N) is 1. The van der Waals surface area contributed by atoms with Gasteiger partial charge in [0.2, 0.25) is 21.8 Å². The molecule has 0 radical (unpaired) electrons. The van der Waals surface area contributed by atoms with E-state index in [1.807, 2.05) is 57.2 Å². The van der Waals surface area contributed by atoms with Gasteiger partial charge in [0.15, 0.2) is 0 Å². The summed E-state index contributed by atoms with van der Waals surface area (Å²) in [6, 6.07) is 16.1. The minimum absolute atomic E-state index is 0.209. The highest BCUT2D eigenvalue weighted by atomic mass is 32.2. The molecular weight excluding hydrogens is 450 g/mol. The third kappa shape index (κ3) is 8.17. The van der Waals surface area contributed by atoms with Gasteiger partial charge in [0.25, 0.3) is 0 Å². The summed E-state index contributed by atoms with van der Waals surface area (Å²) in [7, 11) is -3.72. The van der Waals surface area contributed by atoms with E-state index in [1.54, 1.807) is 18.2 Å². The predicted octanol–water partition coefficient (Wildman–Crippen LogP) is 3.53. The molecule has 2 aromatic rings. The van der Waals surface area contributed by atoms with Gasteiger partial charge in [0.05, 0.1) is 11.9 Å². The van der Waals surface area contributed by atoms with Crippen LogP contribution in [0.1, 0.15) is 44.2 Å². The van der Waals surface area contributed by atoms with Gasteiger partial charge < -0.3 is 10.2 Å². The molecule has 2 rings (SSSR count). The molecule has 0 fully saturated rings. The van der Waals surface area contributed by atoms with Crippen LogP contribution in [0.25, 0.3) is 0 Å². The highest BCUT2D eigenvalue weighted by Crippen LogP contribution is 2.20. The van der Waals surface area contributed by atoms with Crippen molar-refractivity contribution in [2.24, 2.45) is 0 Å². The summed E-state index contributed by atoms with van der Waals surface area (Å²) in [6.07, 6.45) is 3.89. The van der Waals surface area contributed by atoms with Gasteiger partial charge in [-0.05, 0) is 49.4 Å². The molecule has 7 nitrogen and oxygen atoms in total. The second-order valence-electron chi connectivity index (χ2n) is 8.50. The molecule has 8 heteroatoms. The van der Waals surface area contributed by atoms with Crippen LogP contribution >= 0.6 is 0 Å².